The second-order valence-corrected chi connectivity index (χ2v) is 6.90. The number of nitrogens with two attached hydrogens (primary N) is 1. The molecule has 1 unspecified atom stereocenters. The van der Waals surface area contributed by atoms with E-state index in [1.54, 1.807) is 13.8 Å². The van der Waals surface area contributed by atoms with Gasteiger partial charge in [-0.2, -0.15) is 9.61 Å². The van der Waals surface area contributed by atoms with Crippen LogP contribution in [0.4, 0.5) is 16.0 Å². The highest BCUT2D eigenvalue weighted by molar-refractivity contribution is 6.00. The van der Waals surface area contributed by atoms with Crippen molar-refractivity contribution in [2.24, 2.45) is 0 Å². The predicted molar refractivity (Wildman–Crippen MR) is 106 cm³/mol. The first-order chi connectivity index (χ1) is 13.8. The zero-order valence-corrected chi connectivity index (χ0v) is 16.0. The van der Waals surface area contributed by atoms with Gasteiger partial charge in [0.05, 0.1) is 24.5 Å². The molecule has 0 radical (unpaired) electrons. The van der Waals surface area contributed by atoms with Crippen molar-refractivity contribution < 1.29 is 13.9 Å². The summed E-state index contributed by atoms with van der Waals surface area (Å²) < 4.78 is 21.0. The summed E-state index contributed by atoms with van der Waals surface area (Å²) in [6, 6.07) is 1.34. The topological polar surface area (TPSA) is 119 Å². The highest BCUT2D eigenvalue weighted by Gasteiger charge is 2.22. The van der Waals surface area contributed by atoms with Crippen molar-refractivity contribution in [1.29, 1.82) is 0 Å². The summed E-state index contributed by atoms with van der Waals surface area (Å²) >= 11 is 0. The molecule has 150 valence electrons. The average Bonchev–Trinajstić information content (AvgIpc) is 3.09. The molecular formula is C19H20FN7O2. The van der Waals surface area contributed by atoms with Crippen molar-refractivity contribution in [3.63, 3.8) is 0 Å². The van der Waals surface area contributed by atoms with E-state index in [-0.39, 0.29) is 30.4 Å². The molecule has 0 aromatic carbocycles. The van der Waals surface area contributed by atoms with Gasteiger partial charge in [-0.05, 0) is 25.5 Å². The number of rotatable bonds is 1. The molecule has 0 saturated carbocycles. The molecular weight excluding hydrogens is 377 g/mol. The van der Waals surface area contributed by atoms with E-state index in [1.165, 1.54) is 16.8 Å². The number of halogens is 1. The van der Waals surface area contributed by atoms with Crippen LogP contribution in [0.25, 0.3) is 11.2 Å². The second kappa shape index (κ2) is 7.04. The molecule has 4 N–H and O–H groups in total. The van der Waals surface area contributed by atoms with Gasteiger partial charge >= 0.3 is 0 Å². The third-order valence-electron chi connectivity index (χ3n) is 4.56. The van der Waals surface area contributed by atoms with Crippen molar-refractivity contribution in [2.45, 2.75) is 26.5 Å². The Kier molecular flexibility index (Phi) is 4.53. The normalized spacial score (nSPS) is 16.7. The SMILES string of the molecule is C=C(C)c1c2nc3c(cnn3c1N)C(=O)NCC(C)Oc1ncc(F)cc1CN2. The number of carbonyl (C=O) groups is 1. The summed E-state index contributed by atoms with van der Waals surface area (Å²) in [6.07, 6.45) is 2.10. The van der Waals surface area contributed by atoms with E-state index in [2.05, 4.69) is 32.3 Å². The van der Waals surface area contributed by atoms with Gasteiger partial charge in [0.25, 0.3) is 5.91 Å². The molecule has 0 fully saturated rings. The highest BCUT2D eigenvalue weighted by Crippen LogP contribution is 2.30. The Hall–Kier alpha value is -3.69. The molecule has 4 rings (SSSR count). The quantitative estimate of drug-likeness (QED) is 0.574. The molecule has 4 heterocycles. The Morgan fingerprint density at radius 2 is 2.21 bits per heavy atom. The van der Waals surface area contributed by atoms with Gasteiger partial charge < -0.3 is 21.1 Å². The van der Waals surface area contributed by atoms with Gasteiger partial charge in [0.15, 0.2) is 5.65 Å². The Morgan fingerprint density at radius 1 is 1.41 bits per heavy atom. The molecule has 1 amide bonds. The van der Waals surface area contributed by atoms with Gasteiger partial charge in [0, 0.05) is 12.1 Å². The number of amides is 1. The first-order valence-electron chi connectivity index (χ1n) is 9.01. The number of fused-ring (bicyclic) bond motifs is 2. The minimum absolute atomic E-state index is 0.181. The third kappa shape index (κ3) is 3.33. The Balaban J connectivity index is 1.90. The van der Waals surface area contributed by atoms with Gasteiger partial charge in [-0.3, -0.25) is 4.79 Å². The number of hydrogen-bond donors (Lipinski definition) is 3. The number of ether oxygens (including phenoxy) is 1. The maximum atomic E-state index is 13.8. The van der Waals surface area contributed by atoms with Crippen LogP contribution in [0.15, 0.2) is 25.0 Å². The van der Waals surface area contributed by atoms with E-state index in [1.807, 2.05) is 0 Å². The lowest BCUT2D eigenvalue weighted by molar-refractivity contribution is 0.0932. The van der Waals surface area contributed by atoms with E-state index >= 15 is 0 Å². The van der Waals surface area contributed by atoms with Crippen LogP contribution in [-0.4, -0.2) is 38.1 Å². The molecule has 0 spiro atoms. The zero-order chi connectivity index (χ0) is 20.7. The largest absolute Gasteiger partial charge is 0.473 e. The molecule has 9 nitrogen and oxygen atoms in total. The number of pyridine rings is 1. The number of carbonyl (C=O) groups excluding carboxylic acids is 1. The molecule has 1 aliphatic rings. The lowest BCUT2D eigenvalue weighted by Gasteiger charge is -2.17. The van der Waals surface area contributed by atoms with Crippen molar-refractivity contribution in [2.75, 3.05) is 17.6 Å². The monoisotopic (exact) mass is 397 g/mol. The molecule has 1 aliphatic heterocycles. The molecule has 10 heteroatoms. The molecule has 0 saturated heterocycles. The zero-order valence-electron chi connectivity index (χ0n) is 16.0. The second-order valence-electron chi connectivity index (χ2n) is 6.90. The van der Waals surface area contributed by atoms with Crippen molar-refractivity contribution >= 4 is 28.8 Å². The molecule has 29 heavy (non-hydrogen) atoms. The van der Waals surface area contributed by atoms with Crippen LogP contribution in [0.2, 0.25) is 0 Å². The Bertz CT molecular complexity index is 1140. The van der Waals surface area contributed by atoms with Crippen LogP contribution in [0.1, 0.15) is 35.3 Å². The maximum Gasteiger partial charge on any atom is 0.256 e. The third-order valence-corrected chi connectivity index (χ3v) is 4.56. The number of nitrogens with zero attached hydrogens (tertiary/aromatic N) is 4. The van der Waals surface area contributed by atoms with E-state index in [4.69, 9.17) is 10.5 Å². The van der Waals surface area contributed by atoms with Crippen LogP contribution in [0.5, 0.6) is 5.88 Å². The lowest BCUT2D eigenvalue weighted by atomic mass is 10.1. The molecule has 1 atom stereocenters. The minimum atomic E-state index is -0.486. The average molecular weight is 397 g/mol. The van der Waals surface area contributed by atoms with E-state index < -0.39 is 11.9 Å². The van der Waals surface area contributed by atoms with E-state index in [9.17, 15) is 9.18 Å². The smallest absolute Gasteiger partial charge is 0.256 e. The number of nitrogen functional groups attached to an aromatic ring is 1. The predicted octanol–water partition coefficient (Wildman–Crippen LogP) is 2.00. The fourth-order valence-electron chi connectivity index (χ4n) is 3.17. The van der Waals surface area contributed by atoms with E-state index in [0.29, 0.717) is 34.0 Å². The first-order valence-corrected chi connectivity index (χ1v) is 9.01. The van der Waals surface area contributed by atoms with Crippen LogP contribution >= 0.6 is 0 Å². The summed E-state index contributed by atoms with van der Waals surface area (Å²) in [4.78, 5) is 21.3. The number of anilines is 2. The lowest BCUT2D eigenvalue weighted by Crippen LogP contribution is -2.33. The fourth-order valence-corrected chi connectivity index (χ4v) is 3.17. The van der Waals surface area contributed by atoms with Crippen LogP contribution < -0.4 is 21.1 Å². The molecule has 3 aromatic heterocycles. The van der Waals surface area contributed by atoms with Crippen LogP contribution in [0, 0.1) is 5.82 Å². The van der Waals surface area contributed by atoms with Gasteiger partial charge in [0.2, 0.25) is 5.88 Å². The fraction of sp³-hybridized carbons (Fsp3) is 0.263. The maximum absolute atomic E-state index is 13.8. The highest BCUT2D eigenvalue weighted by atomic mass is 19.1. The molecule has 3 aromatic rings. The van der Waals surface area contributed by atoms with Crippen molar-refractivity contribution in [3.05, 3.63) is 47.5 Å². The number of allylic oxidation sites excluding steroid dienone is 1. The van der Waals surface area contributed by atoms with Gasteiger partial charge in [-0.25, -0.2) is 14.4 Å². The van der Waals surface area contributed by atoms with Gasteiger partial charge in [-0.15, -0.1) is 0 Å². The summed E-state index contributed by atoms with van der Waals surface area (Å²) in [5, 5.41) is 10.1. The molecule has 2 bridgehead atoms. The van der Waals surface area contributed by atoms with Crippen molar-refractivity contribution in [1.82, 2.24) is 24.9 Å². The van der Waals surface area contributed by atoms with Gasteiger partial charge in [-0.1, -0.05) is 6.58 Å². The van der Waals surface area contributed by atoms with Crippen molar-refractivity contribution in [3.8, 4) is 5.88 Å². The van der Waals surface area contributed by atoms with E-state index in [0.717, 1.165) is 6.20 Å². The summed E-state index contributed by atoms with van der Waals surface area (Å²) in [7, 11) is 0. The summed E-state index contributed by atoms with van der Waals surface area (Å²) in [5.41, 5.74) is 8.60. The number of aromatic nitrogens is 4. The summed E-state index contributed by atoms with van der Waals surface area (Å²) in [5.74, 6) is 0.123. The number of nitrogens with one attached hydrogen (secondary N) is 2. The molecule has 0 aliphatic carbocycles. The number of hydrogen-bond acceptors (Lipinski definition) is 7. The Morgan fingerprint density at radius 3 is 2.97 bits per heavy atom. The van der Waals surface area contributed by atoms with Crippen LogP contribution in [0.3, 0.4) is 0 Å². The summed E-state index contributed by atoms with van der Waals surface area (Å²) in [6.45, 7) is 7.93. The van der Waals surface area contributed by atoms with Gasteiger partial charge in [0.1, 0.15) is 29.1 Å². The standard InChI is InChI=1S/C19H20FN7O2/c1-9(2)14-15(21)27-17-13(8-25-27)18(28)23-5-10(3)29-19-11(4-12(20)7-24-19)6-22-16(14)26-17/h4,7-8,10H,1,5-6,21H2,2-3H3,(H,22,26)(H,23,28). The first kappa shape index (κ1) is 18.7. The Labute approximate surface area is 165 Å². The van der Waals surface area contributed by atoms with Crippen LogP contribution in [-0.2, 0) is 6.54 Å². The minimum Gasteiger partial charge on any atom is -0.473 e.